The zero-order chi connectivity index (χ0) is 19.1. The van der Waals surface area contributed by atoms with Crippen LogP contribution < -0.4 is 14.8 Å². The summed E-state index contributed by atoms with van der Waals surface area (Å²) >= 11 is 5.49. The van der Waals surface area contributed by atoms with Gasteiger partial charge in [0.1, 0.15) is 5.75 Å². The number of halogens is 4. The van der Waals surface area contributed by atoms with Gasteiger partial charge in [0.05, 0.1) is 26.9 Å². The number of ether oxygens (including phenoxy) is 1. The fourth-order valence-corrected chi connectivity index (χ4v) is 3.55. The topological polar surface area (TPSA) is 84.5 Å². The number of amides is 1. The van der Waals surface area contributed by atoms with Gasteiger partial charge in [0.2, 0.25) is 0 Å². The first-order chi connectivity index (χ1) is 12.1. The van der Waals surface area contributed by atoms with Crippen molar-refractivity contribution in [3.63, 3.8) is 0 Å². The summed E-state index contributed by atoms with van der Waals surface area (Å²) in [5.74, 6) is -0.0663. The molecule has 2 N–H and O–H groups in total. The number of hydrogen-bond acceptors (Lipinski definition) is 4. The lowest BCUT2D eigenvalue weighted by atomic mass is 10.2. The van der Waals surface area contributed by atoms with Crippen LogP contribution in [0.3, 0.4) is 0 Å². The van der Waals surface area contributed by atoms with Gasteiger partial charge in [0.25, 0.3) is 15.9 Å². The third kappa shape index (κ3) is 3.70. The lowest BCUT2D eigenvalue weighted by Gasteiger charge is -2.19. The van der Waals surface area contributed by atoms with Crippen molar-refractivity contribution in [2.75, 3.05) is 16.6 Å². The molecule has 0 radical (unpaired) electrons. The third-order valence-corrected chi connectivity index (χ3v) is 5.13. The molecule has 6 nitrogen and oxygen atoms in total. The second-order valence-corrected chi connectivity index (χ2v) is 7.38. The van der Waals surface area contributed by atoms with Crippen molar-refractivity contribution in [2.45, 2.75) is 11.1 Å². The second kappa shape index (κ2) is 6.36. The Balaban J connectivity index is 1.93. The Morgan fingerprint density at radius 2 is 1.88 bits per heavy atom. The molecule has 0 aromatic heterocycles. The quantitative estimate of drug-likeness (QED) is 0.817. The number of alkyl halides is 3. The molecule has 26 heavy (non-hydrogen) atoms. The first-order valence-electron chi connectivity index (χ1n) is 7.02. The molecular weight excluding hydrogens is 397 g/mol. The summed E-state index contributed by atoms with van der Waals surface area (Å²) in [4.78, 5) is 10.7. The number of rotatable bonds is 3. The molecule has 0 unspecified atom stereocenters. The van der Waals surface area contributed by atoms with Gasteiger partial charge in [-0.1, -0.05) is 11.6 Å². The van der Waals surface area contributed by atoms with E-state index < -0.39 is 37.6 Å². The molecule has 0 aliphatic carbocycles. The van der Waals surface area contributed by atoms with Crippen molar-refractivity contribution in [3.05, 3.63) is 47.0 Å². The van der Waals surface area contributed by atoms with Crippen LogP contribution in [0.4, 0.5) is 24.5 Å². The molecule has 0 fully saturated rings. The number of fused-ring (bicyclic) bond motifs is 1. The van der Waals surface area contributed by atoms with Crippen LogP contribution in [0.25, 0.3) is 0 Å². The summed E-state index contributed by atoms with van der Waals surface area (Å²) in [6.07, 6.45) is -4.80. The van der Waals surface area contributed by atoms with Crippen LogP contribution in [-0.4, -0.2) is 20.9 Å². The molecule has 138 valence electrons. The van der Waals surface area contributed by atoms with Crippen molar-refractivity contribution in [2.24, 2.45) is 0 Å². The van der Waals surface area contributed by atoms with E-state index in [1.165, 1.54) is 18.2 Å². The number of benzene rings is 2. The molecule has 1 heterocycles. The fourth-order valence-electron chi connectivity index (χ4n) is 2.25. The molecule has 2 aromatic carbocycles. The molecule has 1 amide bonds. The average molecular weight is 407 g/mol. The maximum absolute atomic E-state index is 12.9. The van der Waals surface area contributed by atoms with Crippen LogP contribution in [0.15, 0.2) is 41.3 Å². The van der Waals surface area contributed by atoms with Gasteiger partial charge in [-0.05, 0) is 36.4 Å². The number of sulfonamides is 1. The van der Waals surface area contributed by atoms with E-state index in [2.05, 4.69) is 10.0 Å². The van der Waals surface area contributed by atoms with E-state index >= 15 is 0 Å². The molecule has 11 heteroatoms. The average Bonchev–Trinajstić information content (AvgIpc) is 2.53. The number of hydrogen-bond donors (Lipinski definition) is 2. The summed E-state index contributed by atoms with van der Waals surface area (Å²) in [7, 11) is -4.32. The van der Waals surface area contributed by atoms with Crippen LogP contribution in [0.2, 0.25) is 5.02 Å². The minimum absolute atomic E-state index is 0.0399. The van der Waals surface area contributed by atoms with E-state index in [1.54, 1.807) is 0 Å². The number of nitrogens with one attached hydrogen (secondary N) is 2. The van der Waals surface area contributed by atoms with Gasteiger partial charge in [0, 0.05) is 0 Å². The summed E-state index contributed by atoms with van der Waals surface area (Å²) in [6, 6.07) is 6.35. The zero-order valence-electron chi connectivity index (χ0n) is 12.7. The normalized spacial score (nSPS) is 14.2. The summed E-state index contributed by atoms with van der Waals surface area (Å²) in [5, 5.41) is 1.89. The Kier molecular flexibility index (Phi) is 4.49. The largest absolute Gasteiger partial charge is 0.482 e. The fraction of sp³-hybridized carbons (Fsp3) is 0.133. The molecule has 0 spiro atoms. The Labute approximate surface area is 151 Å². The van der Waals surface area contributed by atoms with Crippen molar-refractivity contribution in [3.8, 4) is 5.75 Å². The Hall–Kier alpha value is -2.46. The van der Waals surface area contributed by atoms with Crippen LogP contribution in [0, 0.1) is 0 Å². The molecular formula is C15H10ClF3N2O4S. The number of carbonyl (C=O) groups is 1. The molecule has 0 atom stereocenters. The Bertz CT molecular complexity index is 993. The summed E-state index contributed by atoms with van der Waals surface area (Å²) in [5.41, 5.74) is -0.972. The minimum atomic E-state index is -4.80. The van der Waals surface area contributed by atoms with E-state index in [1.807, 2.05) is 0 Å². The van der Waals surface area contributed by atoms with Gasteiger partial charge >= 0.3 is 6.18 Å². The standard InChI is InChI=1S/C15H10ClF3N2O4S/c16-11-3-2-9(6-10(11)15(17,18)19)26(23,24)21-8-1-4-13-12(5-8)20-14(22)7-25-13/h1-6,21H,7H2,(H,20,22). The van der Waals surface area contributed by atoms with Gasteiger partial charge in [-0.25, -0.2) is 8.42 Å². The molecule has 0 bridgehead atoms. The van der Waals surface area contributed by atoms with Crippen molar-refractivity contribution in [1.29, 1.82) is 0 Å². The smallest absolute Gasteiger partial charge is 0.417 e. The van der Waals surface area contributed by atoms with Crippen LogP contribution in [0.1, 0.15) is 5.56 Å². The Morgan fingerprint density at radius 1 is 1.15 bits per heavy atom. The predicted molar refractivity (Wildman–Crippen MR) is 87.8 cm³/mol. The lowest BCUT2D eigenvalue weighted by molar-refractivity contribution is -0.137. The highest BCUT2D eigenvalue weighted by Crippen LogP contribution is 2.36. The first-order valence-corrected chi connectivity index (χ1v) is 8.89. The van der Waals surface area contributed by atoms with E-state index in [-0.39, 0.29) is 18.0 Å². The molecule has 2 aromatic rings. The maximum Gasteiger partial charge on any atom is 0.417 e. The van der Waals surface area contributed by atoms with Gasteiger partial charge in [0.15, 0.2) is 6.61 Å². The van der Waals surface area contributed by atoms with Gasteiger partial charge in [-0.15, -0.1) is 0 Å². The monoisotopic (exact) mass is 406 g/mol. The van der Waals surface area contributed by atoms with Gasteiger partial charge in [-0.2, -0.15) is 13.2 Å². The van der Waals surface area contributed by atoms with E-state index in [0.29, 0.717) is 11.8 Å². The van der Waals surface area contributed by atoms with E-state index in [9.17, 15) is 26.4 Å². The van der Waals surface area contributed by atoms with Crippen molar-refractivity contribution >= 4 is 38.9 Å². The van der Waals surface area contributed by atoms with Gasteiger partial charge in [-0.3, -0.25) is 9.52 Å². The molecule has 1 aliphatic rings. The molecule has 0 saturated heterocycles. The minimum Gasteiger partial charge on any atom is -0.482 e. The lowest BCUT2D eigenvalue weighted by Crippen LogP contribution is -2.25. The second-order valence-electron chi connectivity index (χ2n) is 5.29. The SMILES string of the molecule is O=C1COc2ccc(NS(=O)(=O)c3ccc(Cl)c(C(F)(F)F)c3)cc2N1. The maximum atomic E-state index is 12.9. The highest BCUT2D eigenvalue weighted by molar-refractivity contribution is 7.92. The highest BCUT2D eigenvalue weighted by Gasteiger charge is 2.34. The van der Waals surface area contributed by atoms with Crippen molar-refractivity contribution in [1.82, 2.24) is 0 Å². The van der Waals surface area contributed by atoms with E-state index in [4.69, 9.17) is 16.3 Å². The van der Waals surface area contributed by atoms with Crippen LogP contribution >= 0.6 is 11.6 Å². The van der Waals surface area contributed by atoms with Crippen molar-refractivity contribution < 1.29 is 31.1 Å². The van der Waals surface area contributed by atoms with Crippen LogP contribution in [0.5, 0.6) is 5.75 Å². The molecule has 1 aliphatic heterocycles. The van der Waals surface area contributed by atoms with Crippen LogP contribution in [-0.2, 0) is 21.0 Å². The third-order valence-electron chi connectivity index (χ3n) is 3.42. The summed E-state index contributed by atoms with van der Waals surface area (Å²) < 4.78 is 70.8. The predicted octanol–water partition coefficient (Wildman–Crippen LogP) is 3.49. The molecule has 3 rings (SSSR count). The number of carbonyl (C=O) groups excluding carboxylic acids is 1. The van der Waals surface area contributed by atoms with Gasteiger partial charge < -0.3 is 10.1 Å². The molecule has 0 saturated carbocycles. The summed E-state index contributed by atoms with van der Waals surface area (Å²) in [6.45, 7) is -0.164. The zero-order valence-corrected chi connectivity index (χ0v) is 14.3. The Morgan fingerprint density at radius 3 is 2.58 bits per heavy atom. The van der Waals surface area contributed by atoms with E-state index in [0.717, 1.165) is 12.1 Å². The first kappa shape index (κ1) is 18.3. The number of anilines is 2. The highest BCUT2D eigenvalue weighted by atomic mass is 35.5.